The van der Waals surface area contributed by atoms with Gasteiger partial charge in [0.05, 0.1) is 16.0 Å². The Morgan fingerprint density at radius 2 is 2.13 bits per heavy atom. The summed E-state index contributed by atoms with van der Waals surface area (Å²) in [7, 11) is -0.993. The molecule has 1 aromatic carbocycles. The lowest BCUT2D eigenvalue weighted by atomic mass is 10.2. The summed E-state index contributed by atoms with van der Waals surface area (Å²) in [6, 6.07) is 7.82. The van der Waals surface area contributed by atoms with Gasteiger partial charge in [0, 0.05) is 10.9 Å². The van der Waals surface area contributed by atoms with E-state index < -0.39 is 10.8 Å². The van der Waals surface area contributed by atoms with Crippen molar-refractivity contribution in [2.45, 2.75) is 43.4 Å². The predicted molar refractivity (Wildman–Crippen MR) is 65.3 cm³/mol. The zero-order chi connectivity index (χ0) is 11.4. The minimum absolute atomic E-state index is 0.00588. The van der Waals surface area contributed by atoms with Gasteiger partial charge in [0.25, 0.3) is 0 Å². The van der Waals surface area contributed by atoms with Crippen LogP contribution in [0.5, 0.6) is 0 Å². The van der Waals surface area contributed by atoms with Gasteiger partial charge >= 0.3 is 0 Å². The normalized spacial score (nSPS) is 17.1. The van der Waals surface area contributed by atoms with Crippen LogP contribution in [-0.4, -0.2) is 15.5 Å². The molecule has 0 aliphatic rings. The lowest BCUT2D eigenvalue weighted by molar-refractivity contribution is 0.610. The molecule has 3 unspecified atom stereocenters. The van der Waals surface area contributed by atoms with E-state index in [1.165, 1.54) is 0 Å². The molecule has 15 heavy (non-hydrogen) atoms. The quantitative estimate of drug-likeness (QED) is 0.854. The van der Waals surface area contributed by atoms with Gasteiger partial charge in [-0.1, -0.05) is 19.1 Å². The molecule has 84 valence electrons. The van der Waals surface area contributed by atoms with Crippen molar-refractivity contribution in [1.29, 1.82) is 0 Å². The van der Waals surface area contributed by atoms with Crippen molar-refractivity contribution < 1.29 is 4.21 Å². The van der Waals surface area contributed by atoms with Crippen molar-refractivity contribution >= 4 is 10.8 Å². The highest BCUT2D eigenvalue weighted by molar-refractivity contribution is 7.85. The van der Waals surface area contributed by atoms with Gasteiger partial charge in [-0.2, -0.15) is 0 Å². The van der Waals surface area contributed by atoms with Crippen LogP contribution in [0.15, 0.2) is 29.2 Å². The van der Waals surface area contributed by atoms with E-state index in [2.05, 4.69) is 0 Å². The Morgan fingerprint density at radius 3 is 2.67 bits per heavy atom. The van der Waals surface area contributed by atoms with E-state index in [1.807, 2.05) is 45.0 Å². The van der Waals surface area contributed by atoms with E-state index in [0.717, 1.165) is 16.9 Å². The molecule has 3 atom stereocenters. The van der Waals surface area contributed by atoms with Gasteiger partial charge < -0.3 is 5.73 Å². The van der Waals surface area contributed by atoms with Crippen molar-refractivity contribution in [3.05, 3.63) is 29.8 Å². The number of benzene rings is 1. The summed E-state index contributed by atoms with van der Waals surface area (Å²) in [6.07, 6.45) is 0.860. The molecule has 0 bridgehead atoms. The molecule has 0 aliphatic heterocycles. The fraction of sp³-hybridized carbons (Fsp3) is 0.500. The SMILES string of the molecule is CCC(N)C(C)S(=O)c1cccc(C)c1. The number of nitrogens with two attached hydrogens (primary N) is 1. The van der Waals surface area contributed by atoms with E-state index in [0.29, 0.717) is 0 Å². The van der Waals surface area contributed by atoms with Crippen LogP contribution in [-0.2, 0) is 10.8 Å². The molecule has 0 spiro atoms. The molecular weight excluding hydrogens is 206 g/mol. The zero-order valence-electron chi connectivity index (χ0n) is 9.57. The summed E-state index contributed by atoms with van der Waals surface area (Å²) in [5.41, 5.74) is 7.04. The summed E-state index contributed by atoms with van der Waals surface area (Å²) in [5.74, 6) is 0. The van der Waals surface area contributed by atoms with Crippen LogP contribution < -0.4 is 5.73 Å². The topological polar surface area (TPSA) is 43.1 Å². The third-order valence-electron chi connectivity index (χ3n) is 2.63. The Hall–Kier alpha value is -0.670. The molecule has 1 aromatic rings. The molecule has 3 heteroatoms. The van der Waals surface area contributed by atoms with Crippen molar-refractivity contribution in [3.8, 4) is 0 Å². The Bertz CT molecular complexity index is 351. The smallest absolute Gasteiger partial charge is 0.0573 e. The van der Waals surface area contributed by atoms with E-state index in [1.54, 1.807) is 0 Å². The minimum atomic E-state index is -0.993. The molecule has 0 radical (unpaired) electrons. The number of rotatable bonds is 4. The molecule has 0 fully saturated rings. The van der Waals surface area contributed by atoms with Gasteiger partial charge in [-0.05, 0) is 38.0 Å². The number of aryl methyl sites for hydroxylation is 1. The Kier molecular flexibility index (Phi) is 4.48. The van der Waals surface area contributed by atoms with Crippen LogP contribution in [0.25, 0.3) is 0 Å². The van der Waals surface area contributed by atoms with Crippen LogP contribution in [0, 0.1) is 6.92 Å². The fourth-order valence-electron chi connectivity index (χ4n) is 1.45. The molecule has 0 aliphatic carbocycles. The molecule has 0 aromatic heterocycles. The molecule has 2 nitrogen and oxygen atoms in total. The third kappa shape index (κ3) is 3.14. The molecule has 0 saturated heterocycles. The fourth-order valence-corrected chi connectivity index (χ4v) is 2.90. The molecule has 0 saturated carbocycles. The zero-order valence-corrected chi connectivity index (χ0v) is 10.4. The van der Waals surface area contributed by atoms with E-state index in [4.69, 9.17) is 5.73 Å². The second-order valence-corrected chi connectivity index (χ2v) is 5.70. The molecular formula is C12H19NOS. The Morgan fingerprint density at radius 1 is 1.47 bits per heavy atom. The Labute approximate surface area is 94.3 Å². The summed E-state index contributed by atoms with van der Waals surface area (Å²) in [4.78, 5) is 0.881. The first-order valence-corrected chi connectivity index (χ1v) is 6.50. The van der Waals surface area contributed by atoms with Crippen LogP contribution in [0.2, 0.25) is 0 Å². The first kappa shape index (κ1) is 12.4. The molecule has 2 N–H and O–H groups in total. The standard InChI is InChI=1S/C12H19NOS/c1-4-12(13)10(3)15(14)11-7-5-6-9(2)8-11/h5-8,10,12H,4,13H2,1-3H3. The summed E-state index contributed by atoms with van der Waals surface area (Å²) < 4.78 is 12.1. The lowest BCUT2D eigenvalue weighted by Gasteiger charge is -2.17. The van der Waals surface area contributed by atoms with Gasteiger partial charge in [0.2, 0.25) is 0 Å². The number of hydrogen-bond acceptors (Lipinski definition) is 2. The molecule has 1 rings (SSSR count). The minimum Gasteiger partial charge on any atom is -0.327 e. The maximum Gasteiger partial charge on any atom is 0.0573 e. The monoisotopic (exact) mass is 225 g/mol. The van der Waals surface area contributed by atoms with Crippen LogP contribution >= 0.6 is 0 Å². The summed E-state index contributed by atoms with van der Waals surface area (Å²) in [5, 5.41) is 0.0109. The average molecular weight is 225 g/mol. The van der Waals surface area contributed by atoms with Crippen LogP contribution in [0.3, 0.4) is 0 Å². The van der Waals surface area contributed by atoms with Gasteiger partial charge in [0.1, 0.15) is 0 Å². The van der Waals surface area contributed by atoms with Crippen molar-refractivity contribution in [3.63, 3.8) is 0 Å². The second kappa shape index (κ2) is 5.42. The van der Waals surface area contributed by atoms with Gasteiger partial charge in [-0.25, -0.2) is 0 Å². The van der Waals surface area contributed by atoms with Crippen LogP contribution in [0.4, 0.5) is 0 Å². The maximum absolute atomic E-state index is 12.1. The van der Waals surface area contributed by atoms with E-state index >= 15 is 0 Å². The van der Waals surface area contributed by atoms with Crippen molar-refractivity contribution in [2.24, 2.45) is 5.73 Å². The predicted octanol–water partition coefficient (Wildman–Crippen LogP) is 2.23. The summed E-state index contributed by atoms with van der Waals surface area (Å²) in [6.45, 7) is 5.98. The third-order valence-corrected chi connectivity index (χ3v) is 4.38. The van der Waals surface area contributed by atoms with Gasteiger partial charge in [-0.15, -0.1) is 0 Å². The first-order valence-electron chi connectivity index (χ1n) is 5.29. The highest BCUT2D eigenvalue weighted by Crippen LogP contribution is 2.15. The van der Waals surface area contributed by atoms with E-state index in [9.17, 15) is 4.21 Å². The van der Waals surface area contributed by atoms with E-state index in [-0.39, 0.29) is 11.3 Å². The maximum atomic E-state index is 12.1. The highest BCUT2D eigenvalue weighted by atomic mass is 32.2. The lowest BCUT2D eigenvalue weighted by Crippen LogP contribution is -2.34. The first-order chi connectivity index (χ1) is 7.06. The largest absolute Gasteiger partial charge is 0.327 e. The summed E-state index contributed by atoms with van der Waals surface area (Å²) >= 11 is 0. The van der Waals surface area contributed by atoms with Crippen molar-refractivity contribution in [2.75, 3.05) is 0 Å². The van der Waals surface area contributed by atoms with Gasteiger partial charge in [0.15, 0.2) is 0 Å². The molecule has 0 heterocycles. The molecule has 0 amide bonds. The van der Waals surface area contributed by atoms with Gasteiger partial charge in [-0.3, -0.25) is 4.21 Å². The van der Waals surface area contributed by atoms with Crippen molar-refractivity contribution in [1.82, 2.24) is 0 Å². The Balaban J connectivity index is 2.85. The average Bonchev–Trinajstić information content (AvgIpc) is 2.26. The number of hydrogen-bond donors (Lipinski definition) is 1. The second-order valence-electron chi connectivity index (χ2n) is 3.89. The van der Waals surface area contributed by atoms with Crippen LogP contribution in [0.1, 0.15) is 25.8 Å². The highest BCUT2D eigenvalue weighted by Gasteiger charge is 2.19.